The predicted molar refractivity (Wildman–Crippen MR) is 158 cm³/mol. The highest BCUT2D eigenvalue weighted by molar-refractivity contribution is 6.35. The Hall–Kier alpha value is -3.81. The van der Waals surface area contributed by atoms with E-state index in [0.29, 0.717) is 16.3 Å². The number of nitrogens with zero attached hydrogens (tertiary/aromatic N) is 6. The Kier molecular flexibility index (Phi) is 5.91. The van der Waals surface area contributed by atoms with Crippen LogP contribution in [0.25, 0.3) is 27.8 Å². The number of likely N-dealkylation sites (tertiary alicyclic amines) is 1. The summed E-state index contributed by atoms with van der Waals surface area (Å²) >= 11 is 6.46. The average Bonchev–Trinajstić information content (AvgIpc) is 3.48. The molecule has 0 amide bonds. The van der Waals surface area contributed by atoms with E-state index in [4.69, 9.17) is 11.6 Å². The highest BCUT2D eigenvalue weighted by atomic mass is 35.5. The van der Waals surface area contributed by atoms with Gasteiger partial charge in [0.15, 0.2) is 0 Å². The van der Waals surface area contributed by atoms with Crippen molar-refractivity contribution in [2.24, 2.45) is 7.05 Å². The molecule has 0 saturated carbocycles. The Bertz CT molecular complexity index is 1830. The normalized spacial score (nSPS) is 16.8. The van der Waals surface area contributed by atoms with Gasteiger partial charge in [0.25, 0.3) is 5.56 Å². The number of aromatic nitrogens is 5. The first-order valence-electron chi connectivity index (χ1n) is 13.8. The maximum atomic E-state index is 12.9. The minimum absolute atomic E-state index is 0.262. The number of benzene rings is 3. The lowest BCUT2D eigenvalue weighted by atomic mass is 9.83. The minimum atomic E-state index is -0.368. The van der Waals surface area contributed by atoms with Gasteiger partial charge in [-0.1, -0.05) is 53.2 Å². The summed E-state index contributed by atoms with van der Waals surface area (Å²) in [6.45, 7) is 7.31. The van der Waals surface area contributed by atoms with Gasteiger partial charge in [0.2, 0.25) is 0 Å². The third-order valence-electron chi connectivity index (χ3n) is 8.65. The summed E-state index contributed by atoms with van der Waals surface area (Å²) in [6.07, 6.45) is 4.16. The molecule has 8 heteroatoms. The first kappa shape index (κ1) is 25.2. The third kappa shape index (κ3) is 4.07. The van der Waals surface area contributed by atoms with Gasteiger partial charge in [-0.3, -0.25) is 18.9 Å². The van der Waals surface area contributed by atoms with Crippen molar-refractivity contribution in [3.8, 4) is 16.9 Å². The molecule has 0 spiro atoms. The van der Waals surface area contributed by atoms with E-state index in [1.807, 2.05) is 25.4 Å². The molecule has 5 aromatic rings. The predicted octanol–water partition coefficient (Wildman–Crippen LogP) is 5.85. The number of aryl methyl sites for hydroxylation is 1. The highest BCUT2D eigenvalue weighted by Gasteiger charge is 2.39. The molecule has 7 rings (SSSR count). The molecule has 40 heavy (non-hydrogen) atoms. The van der Waals surface area contributed by atoms with Crippen molar-refractivity contribution in [3.63, 3.8) is 0 Å². The van der Waals surface area contributed by atoms with Crippen LogP contribution in [0.15, 0.2) is 71.7 Å². The fourth-order valence-electron chi connectivity index (χ4n) is 6.52. The van der Waals surface area contributed by atoms with Crippen molar-refractivity contribution < 1.29 is 0 Å². The van der Waals surface area contributed by atoms with Crippen molar-refractivity contribution in [2.75, 3.05) is 13.1 Å². The second-order valence-corrected chi connectivity index (χ2v) is 12.0. The van der Waals surface area contributed by atoms with E-state index in [-0.39, 0.29) is 11.0 Å². The van der Waals surface area contributed by atoms with E-state index in [9.17, 15) is 4.79 Å². The molecule has 2 aliphatic heterocycles. The van der Waals surface area contributed by atoms with Crippen LogP contribution in [0.1, 0.15) is 55.1 Å². The molecule has 0 atom stereocenters. The Balaban J connectivity index is 1.13. The van der Waals surface area contributed by atoms with Gasteiger partial charge in [-0.05, 0) is 86.7 Å². The van der Waals surface area contributed by atoms with Crippen LogP contribution >= 0.6 is 11.6 Å². The van der Waals surface area contributed by atoms with Crippen LogP contribution in [0.5, 0.6) is 0 Å². The monoisotopic (exact) mass is 550 g/mol. The van der Waals surface area contributed by atoms with E-state index in [0.717, 1.165) is 60.8 Å². The molecular formula is C32H31ClN6O. The Morgan fingerprint density at radius 3 is 2.60 bits per heavy atom. The maximum absolute atomic E-state index is 12.9. The number of hydrogen-bond donors (Lipinski definition) is 0. The quantitative estimate of drug-likeness (QED) is 0.281. The molecule has 3 aromatic carbocycles. The molecule has 0 radical (unpaired) electrons. The average molecular weight is 551 g/mol. The lowest BCUT2D eigenvalue weighted by Gasteiger charge is -2.32. The van der Waals surface area contributed by atoms with Crippen LogP contribution in [0.4, 0.5) is 0 Å². The van der Waals surface area contributed by atoms with Gasteiger partial charge < -0.3 is 0 Å². The summed E-state index contributed by atoms with van der Waals surface area (Å²) < 4.78 is 3.89. The Labute approximate surface area is 238 Å². The van der Waals surface area contributed by atoms with Crippen LogP contribution in [-0.2, 0) is 19.0 Å². The molecule has 0 aliphatic carbocycles. The van der Waals surface area contributed by atoms with Gasteiger partial charge in [-0.2, -0.15) is 4.98 Å². The number of rotatable bonds is 4. The topological polar surface area (TPSA) is 68.8 Å². The molecule has 7 nitrogen and oxygen atoms in total. The van der Waals surface area contributed by atoms with Gasteiger partial charge >= 0.3 is 0 Å². The lowest BCUT2D eigenvalue weighted by Crippen LogP contribution is -2.32. The molecule has 4 heterocycles. The zero-order valence-corrected chi connectivity index (χ0v) is 23.7. The van der Waals surface area contributed by atoms with Gasteiger partial charge in [0, 0.05) is 19.2 Å². The first-order chi connectivity index (χ1) is 19.3. The van der Waals surface area contributed by atoms with Gasteiger partial charge in [0.05, 0.1) is 33.2 Å². The minimum Gasteiger partial charge on any atom is -0.299 e. The Morgan fingerprint density at radius 2 is 1.82 bits per heavy atom. The molecule has 0 N–H and O–H groups in total. The summed E-state index contributed by atoms with van der Waals surface area (Å²) in [7, 11) is 1.89. The Morgan fingerprint density at radius 1 is 1.02 bits per heavy atom. The van der Waals surface area contributed by atoms with Crippen molar-refractivity contribution >= 4 is 22.5 Å². The molecule has 202 valence electrons. The summed E-state index contributed by atoms with van der Waals surface area (Å²) in [5.41, 5.74) is 7.15. The number of piperidine rings is 1. The molecule has 2 aromatic heterocycles. The van der Waals surface area contributed by atoms with Crippen molar-refractivity contribution in [2.45, 2.75) is 44.6 Å². The number of hydrogen-bond acceptors (Lipinski definition) is 5. The van der Waals surface area contributed by atoms with Crippen LogP contribution < -0.4 is 5.56 Å². The van der Waals surface area contributed by atoms with E-state index < -0.39 is 0 Å². The van der Waals surface area contributed by atoms with Crippen molar-refractivity contribution in [1.82, 2.24) is 29.4 Å². The maximum Gasteiger partial charge on any atom is 0.282 e. The summed E-state index contributed by atoms with van der Waals surface area (Å²) in [6, 6.07) is 21.1. The van der Waals surface area contributed by atoms with Crippen molar-refractivity contribution in [1.29, 1.82) is 0 Å². The largest absolute Gasteiger partial charge is 0.299 e. The summed E-state index contributed by atoms with van der Waals surface area (Å²) in [5.74, 6) is 1.26. The number of fused-ring (bicyclic) bond motifs is 5. The third-order valence-corrected chi connectivity index (χ3v) is 8.97. The molecule has 1 fully saturated rings. The smallest absolute Gasteiger partial charge is 0.282 e. The van der Waals surface area contributed by atoms with E-state index in [1.54, 1.807) is 10.7 Å². The second-order valence-electron chi connectivity index (χ2n) is 11.6. The fraction of sp³-hybridized carbons (Fsp3) is 0.312. The van der Waals surface area contributed by atoms with Crippen LogP contribution in [-0.4, -0.2) is 42.5 Å². The number of halogens is 1. The zero-order valence-electron chi connectivity index (χ0n) is 22.9. The van der Waals surface area contributed by atoms with Gasteiger partial charge in [-0.15, -0.1) is 5.10 Å². The molecule has 2 aliphatic rings. The molecule has 0 unspecified atom stereocenters. The molecular weight excluding hydrogens is 520 g/mol. The van der Waals surface area contributed by atoms with Crippen LogP contribution in [0.2, 0.25) is 5.02 Å². The van der Waals surface area contributed by atoms with Crippen LogP contribution in [0, 0.1) is 0 Å². The molecule has 0 bridgehead atoms. The first-order valence-corrected chi connectivity index (χ1v) is 14.2. The highest BCUT2D eigenvalue weighted by Crippen LogP contribution is 2.44. The fourth-order valence-corrected chi connectivity index (χ4v) is 6.77. The SMILES string of the molecule is Cn1cc(-c2cccc(CN3CCC(c4ccc5c(c4)-n4c(nc(=O)c6c(Cl)cccc64)C5(C)C)CC3)c2)nn1. The second kappa shape index (κ2) is 9.39. The van der Waals surface area contributed by atoms with Gasteiger partial charge in [-0.25, -0.2) is 0 Å². The van der Waals surface area contributed by atoms with Crippen molar-refractivity contribution in [3.05, 3.63) is 105 Å². The zero-order chi connectivity index (χ0) is 27.6. The van der Waals surface area contributed by atoms with E-state index in [1.165, 1.54) is 16.7 Å². The van der Waals surface area contributed by atoms with E-state index in [2.05, 4.69) is 81.1 Å². The van der Waals surface area contributed by atoms with Gasteiger partial charge in [0.1, 0.15) is 11.5 Å². The van der Waals surface area contributed by atoms with Crippen LogP contribution in [0.3, 0.4) is 0 Å². The van der Waals surface area contributed by atoms with E-state index >= 15 is 0 Å². The standard InChI is InChI=1S/C32H31ClN6O/c1-32(2)24-11-10-22(17-28(24)39-27-9-5-8-25(33)29(27)30(40)34-31(32)39)21-12-14-38(15-13-21)18-20-6-4-7-23(16-20)26-19-37(3)36-35-26/h4-11,16-17,19,21H,12-15,18H2,1-3H3. The molecule has 1 saturated heterocycles. The summed E-state index contributed by atoms with van der Waals surface area (Å²) in [5, 5.41) is 9.27. The lowest BCUT2D eigenvalue weighted by molar-refractivity contribution is 0.204. The summed E-state index contributed by atoms with van der Waals surface area (Å²) in [4.78, 5) is 20.0.